The number of hydrogen-bond acceptors (Lipinski definition) is 0. The standard InChI is InChI=1S/CH4.CH3.2Al.2BrH.2ClH.H/h1H4;1H3;;;4*1H;/q;;2*+2;;;;;/p-4. The highest BCUT2D eigenvalue weighted by Gasteiger charge is 1.94. The Morgan fingerprint density at radius 2 is 1.38 bits per heavy atom. The van der Waals surface area contributed by atoms with Gasteiger partial charge in [-0.25, -0.2) is 48.2 Å². The van der Waals surface area contributed by atoms with Crippen molar-refractivity contribution < 1.29 is 0 Å². The summed E-state index contributed by atoms with van der Waals surface area (Å²) in [6.07, 6.45) is 0. The Morgan fingerprint density at radius 3 is 1.38 bits per heavy atom. The van der Waals surface area contributed by atoms with Crippen LogP contribution in [-0.4, -0.2) is 23.9 Å². The minimum atomic E-state index is -1.19. The van der Waals surface area contributed by atoms with E-state index in [9.17, 15) is 0 Å². The second kappa shape index (κ2) is 16.3. The SMILES string of the molecule is C.[Br][AlH][Br].[CH3][Al]([Cl])[Cl]. The highest BCUT2D eigenvalue weighted by molar-refractivity contribution is 9.47. The zero-order valence-corrected chi connectivity index (χ0v) is 11.0. The predicted molar refractivity (Wildman–Crippen MR) is 55.1 cm³/mol. The third kappa shape index (κ3) is 73.3. The van der Waals surface area contributed by atoms with Gasteiger partial charge in [-0.2, -0.15) is 0 Å². The molecule has 0 atom stereocenters. The summed E-state index contributed by atoms with van der Waals surface area (Å²) in [4.78, 5) is 0. The Labute approximate surface area is 84.1 Å². The fourth-order valence-corrected chi connectivity index (χ4v) is 0. The molecule has 0 spiro atoms. The van der Waals surface area contributed by atoms with Crippen LogP contribution in [0.4, 0.5) is 0 Å². The van der Waals surface area contributed by atoms with E-state index in [1.165, 1.54) is 0 Å². The van der Waals surface area contributed by atoms with Gasteiger partial charge >= 0.3 is 23.9 Å². The normalized spacial score (nSPS) is 5.12. The second-order valence-corrected chi connectivity index (χ2v) is 14.3. The molecule has 0 bridgehead atoms. The van der Waals surface area contributed by atoms with Crippen LogP contribution in [0, 0.1) is 0 Å². The largest absolute Gasteiger partial charge is 0.516 e. The van der Waals surface area contributed by atoms with Crippen molar-refractivity contribution in [2.24, 2.45) is 0 Å². The average molecular weight is 317 g/mol. The Bertz CT molecular complexity index is 27.2. The highest BCUT2D eigenvalue weighted by atomic mass is 79.9. The molecule has 0 amide bonds. The van der Waals surface area contributed by atoms with E-state index in [0.29, 0.717) is 0 Å². The molecule has 50 valence electrons. The van der Waals surface area contributed by atoms with Crippen LogP contribution in [0.25, 0.3) is 0 Å². The van der Waals surface area contributed by atoms with E-state index >= 15 is 0 Å². The highest BCUT2D eigenvalue weighted by Crippen LogP contribution is 1.89. The molecule has 0 aromatic rings. The third-order valence-corrected chi connectivity index (χ3v) is 0. The maximum atomic E-state index is 5.18. The van der Waals surface area contributed by atoms with Crippen molar-refractivity contribution >= 4 is 72.1 Å². The molecule has 0 fully saturated rings. The minimum Gasteiger partial charge on any atom is -0.234 e. The van der Waals surface area contributed by atoms with Gasteiger partial charge in [-0.1, -0.05) is 13.2 Å². The van der Waals surface area contributed by atoms with Crippen LogP contribution < -0.4 is 0 Å². The zero-order chi connectivity index (χ0) is 6.28. The molecule has 0 N–H and O–H groups in total. The van der Waals surface area contributed by atoms with Crippen LogP contribution in [0.15, 0.2) is 0 Å². The van der Waals surface area contributed by atoms with Crippen molar-refractivity contribution in [1.82, 2.24) is 0 Å². The van der Waals surface area contributed by atoms with E-state index in [0.717, 1.165) is 0 Å². The molecule has 0 aliphatic heterocycles. The van der Waals surface area contributed by atoms with Gasteiger partial charge in [0.25, 0.3) is 0 Å². The number of halogens is 4. The van der Waals surface area contributed by atoms with Gasteiger partial charge in [0.2, 0.25) is 0 Å². The molecular formula is C2H8Al2Br2Cl2. The minimum absolute atomic E-state index is 0. The van der Waals surface area contributed by atoms with Gasteiger partial charge in [0.1, 0.15) is 0 Å². The van der Waals surface area contributed by atoms with Crippen LogP contribution in [0.3, 0.4) is 0 Å². The van der Waals surface area contributed by atoms with E-state index in [4.69, 9.17) is 20.1 Å². The molecule has 0 unspecified atom stereocenters. The Balaban J connectivity index is -0.0000000575. The topological polar surface area (TPSA) is 0 Å². The fourth-order valence-electron chi connectivity index (χ4n) is 0. The number of hydrogen-bond donors (Lipinski definition) is 0. The lowest BCUT2D eigenvalue weighted by molar-refractivity contribution is 2.34. The molecule has 6 heteroatoms. The Hall–Kier alpha value is 2.60. The van der Waals surface area contributed by atoms with Crippen molar-refractivity contribution in [3.05, 3.63) is 0 Å². The van der Waals surface area contributed by atoms with Gasteiger partial charge in [0.05, 0.1) is 0 Å². The first-order valence-electron chi connectivity index (χ1n) is 1.55. The van der Waals surface area contributed by atoms with Gasteiger partial charge in [-0.05, 0) is 0 Å². The monoisotopic (exact) mass is 314 g/mol. The van der Waals surface area contributed by atoms with E-state index in [2.05, 4.69) is 28.1 Å². The molecule has 0 saturated heterocycles. The van der Waals surface area contributed by atoms with Gasteiger partial charge in [-0.15, -0.1) is 0 Å². The summed E-state index contributed by atoms with van der Waals surface area (Å²) in [7, 11) is 10.4. The summed E-state index contributed by atoms with van der Waals surface area (Å²) in [5, 5.41) is 0. The number of rotatable bonds is 0. The fraction of sp³-hybridized carbons (Fsp3) is 1.00. The first kappa shape index (κ1) is 16.9. The first-order chi connectivity index (χ1) is 3.15. The molecule has 0 aliphatic carbocycles. The molecule has 0 radical (unpaired) electrons. The summed E-state index contributed by atoms with van der Waals surface area (Å²) >= 11 is 5.25. The van der Waals surface area contributed by atoms with Crippen LogP contribution >= 0.6 is 48.2 Å². The summed E-state index contributed by atoms with van der Waals surface area (Å²) in [5.74, 6) is 1.84. The molecule has 0 heterocycles. The lowest BCUT2D eigenvalue weighted by Gasteiger charge is -1.60. The van der Waals surface area contributed by atoms with Crippen LogP contribution in [0.5, 0.6) is 0 Å². The quantitative estimate of drug-likeness (QED) is 0.602. The van der Waals surface area contributed by atoms with Gasteiger partial charge < -0.3 is 0 Å². The Morgan fingerprint density at radius 1 is 1.38 bits per heavy atom. The lowest BCUT2D eigenvalue weighted by atomic mass is 11.9. The maximum absolute atomic E-state index is 5.18. The molecule has 0 nitrogen and oxygen atoms in total. The third-order valence-electron chi connectivity index (χ3n) is 0. The van der Waals surface area contributed by atoms with Crippen molar-refractivity contribution in [1.29, 1.82) is 0 Å². The van der Waals surface area contributed by atoms with Gasteiger partial charge in [0, 0.05) is 0 Å². The summed E-state index contributed by atoms with van der Waals surface area (Å²) in [6, 6.07) is 0. The lowest BCUT2D eigenvalue weighted by Crippen LogP contribution is -1.72. The molecular weight excluding hydrogens is 309 g/mol. The molecule has 0 aromatic carbocycles. The van der Waals surface area contributed by atoms with Gasteiger partial charge in [-0.3, -0.25) is 0 Å². The van der Waals surface area contributed by atoms with Crippen LogP contribution in [0.1, 0.15) is 7.43 Å². The Kier molecular flexibility index (Phi) is 34.5. The van der Waals surface area contributed by atoms with E-state index < -0.39 is 12.3 Å². The van der Waals surface area contributed by atoms with E-state index in [-0.39, 0.29) is 19.0 Å². The molecule has 0 aliphatic rings. The van der Waals surface area contributed by atoms with Crippen molar-refractivity contribution in [3.63, 3.8) is 0 Å². The second-order valence-electron chi connectivity index (χ2n) is 0.620. The summed E-state index contributed by atoms with van der Waals surface area (Å²) in [5.41, 5.74) is 0. The van der Waals surface area contributed by atoms with Crippen molar-refractivity contribution in [2.45, 2.75) is 13.2 Å². The van der Waals surface area contributed by atoms with Crippen LogP contribution in [0.2, 0.25) is 5.79 Å². The summed E-state index contributed by atoms with van der Waals surface area (Å²) in [6.45, 7) is 0. The molecule has 0 rings (SSSR count). The van der Waals surface area contributed by atoms with E-state index in [1.807, 2.05) is 5.79 Å². The molecule has 0 aromatic heterocycles. The zero-order valence-electron chi connectivity index (χ0n) is 3.80. The smallest absolute Gasteiger partial charge is 0.234 e. The molecule has 8 heavy (non-hydrogen) atoms. The maximum Gasteiger partial charge on any atom is 0.516 e. The average Bonchev–Trinajstić information content (AvgIpc) is 1.33. The van der Waals surface area contributed by atoms with Crippen molar-refractivity contribution in [2.75, 3.05) is 0 Å². The first-order valence-corrected chi connectivity index (χ1v) is 14.0. The van der Waals surface area contributed by atoms with E-state index in [1.54, 1.807) is 0 Å². The molecule has 0 saturated carbocycles. The van der Waals surface area contributed by atoms with Crippen LogP contribution in [-0.2, 0) is 0 Å². The predicted octanol–water partition coefficient (Wildman–Crippen LogP) is 3.26. The summed E-state index contributed by atoms with van der Waals surface area (Å²) < 4.78 is 0. The van der Waals surface area contributed by atoms with Gasteiger partial charge in [0.15, 0.2) is 0 Å². The van der Waals surface area contributed by atoms with Crippen molar-refractivity contribution in [3.8, 4) is 0 Å².